The highest BCUT2D eigenvalue weighted by molar-refractivity contribution is 8.00. The van der Waals surface area contributed by atoms with E-state index in [1.165, 1.54) is 11.8 Å². The van der Waals surface area contributed by atoms with E-state index in [4.69, 9.17) is 0 Å². The Morgan fingerprint density at radius 2 is 2.15 bits per heavy atom. The number of hydrogen-bond donors (Lipinski definition) is 1. The van der Waals surface area contributed by atoms with Gasteiger partial charge in [-0.15, -0.1) is 10.2 Å². The van der Waals surface area contributed by atoms with E-state index in [9.17, 15) is 13.2 Å². The predicted molar refractivity (Wildman–Crippen MR) is 102 cm³/mol. The van der Waals surface area contributed by atoms with E-state index in [-0.39, 0.29) is 23.5 Å². The zero-order valence-corrected chi connectivity index (χ0v) is 16.5. The van der Waals surface area contributed by atoms with Gasteiger partial charge in [0.25, 0.3) is 0 Å². The van der Waals surface area contributed by atoms with Gasteiger partial charge in [0, 0.05) is 30.0 Å². The lowest BCUT2D eigenvalue weighted by molar-refractivity contribution is -0.120. The lowest BCUT2D eigenvalue weighted by atomic mass is 10.2. The number of hydrogen-bond acceptors (Lipinski definition) is 7. The number of carbonyl (C=O) groups excluding carboxylic acids is 1. The second-order valence-electron chi connectivity index (χ2n) is 7.02. The third-order valence-corrected chi connectivity index (χ3v) is 7.55. The molecule has 10 heteroatoms. The van der Waals surface area contributed by atoms with E-state index < -0.39 is 15.1 Å². The van der Waals surface area contributed by atoms with Crippen molar-refractivity contribution in [1.82, 2.24) is 25.1 Å². The quantitative estimate of drug-likeness (QED) is 0.722. The Morgan fingerprint density at radius 3 is 2.78 bits per heavy atom. The first-order chi connectivity index (χ1) is 12.9. The molecule has 1 saturated heterocycles. The maximum Gasteiger partial charge on any atom is 0.233 e. The van der Waals surface area contributed by atoms with Crippen LogP contribution in [0.3, 0.4) is 0 Å². The number of rotatable bonds is 6. The molecule has 0 radical (unpaired) electrons. The molecule has 0 spiro atoms. The number of nitrogens with zero attached hydrogens (tertiary/aromatic N) is 4. The summed E-state index contributed by atoms with van der Waals surface area (Å²) in [7, 11) is -3.02. The molecule has 1 aliphatic carbocycles. The van der Waals surface area contributed by atoms with Crippen molar-refractivity contribution < 1.29 is 13.2 Å². The molecule has 1 N–H and O–H groups in total. The summed E-state index contributed by atoms with van der Waals surface area (Å²) in [5.74, 6) is 0.765. The first-order valence-electron chi connectivity index (χ1n) is 8.96. The van der Waals surface area contributed by atoms with Gasteiger partial charge in [0.05, 0.1) is 16.8 Å². The number of pyridine rings is 1. The third-order valence-electron chi connectivity index (χ3n) is 4.73. The lowest BCUT2D eigenvalue weighted by Crippen LogP contribution is -2.40. The van der Waals surface area contributed by atoms with E-state index in [0.29, 0.717) is 17.6 Å². The van der Waals surface area contributed by atoms with Crippen LogP contribution < -0.4 is 5.32 Å². The van der Waals surface area contributed by atoms with Gasteiger partial charge in [-0.05, 0) is 38.3 Å². The minimum atomic E-state index is -3.02. The van der Waals surface area contributed by atoms with E-state index in [0.717, 1.165) is 24.2 Å². The van der Waals surface area contributed by atoms with Gasteiger partial charge in [0.1, 0.15) is 0 Å². The van der Waals surface area contributed by atoms with E-state index >= 15 is 0 Å². The summed E-state index contributed by atoms with van der Waals surface area (Å²) < 4.78 is 25.2. The normalized spacial score (nSPS) is 22.5. The molecule has 0 unspecified atom stereocenters. The van der Waals surface area contributed by atoms with Gasteiger partial charge in [-0.2, -0.15) is 0 Å². The Balaban J connectivity index is 1.48. The van der Waals surface area contributed by atoms with Crippen molar-refractivity contribution in [2.24, 2.45) is 0 Å². The molecule has 1 amide bonds. The van der Waals surface area contributed by atoms with Gasteiger partial charge >= 0.3 is 0 Å². The fourth-order valence-electron chi connectivity index (χ4n) is 3.15. The average Bonchev–Trinajstić information content (AvgIpc) is 3.31. The van der Waals surface area contributed by atoms with Crippen LogP contribution in [0.15, 0.2) is 29.7 Å². The smallest absolute Gasteiger partial charge is 0.233 e. The molecule has 8 nitrogen and oxygen atoms in total. The van der Waals surface area contributed by atoms with Gasteiger partial charge < -0.3 is 5.32 Å². The molecule has 4 rings (SSSR count). The summed E-state index contributed by atoms with van der Waals surface area (Å²) in [6, 6.07) is 3.87. The molecule has 0 aromatic carbocycles. The van der Waals surface area contributed by atoms with Crippen LogP contribution in [0, 0.1) is 0 Å². The summed E-state index contributed by atoms with van der Waals surface area (Å²) in [5, 5.41) is 11.8. The Kier molecular flexibility index (Phi) is 4.94. The summed E-state index contributed by atoms with van der Waals surface area (Å²) in [5.41, 5.74) is 0.900. The first kappa shape index (κ1) is 18.4. The van der Waals surface area contributed by atoms with Crippen LogP contribution in [-0.2, 0) is 14.6 Å². The van der Waals surface area contributed by atoms with Crippen LogP contribution in [0.1, 0.15) is 32.2 Å². The summed E-state index contributed by atoms with van der Waals surface area (Å²) in [6.07, 6.45) is 6.09. The molecule has 2 aromatic heterocycles. The van der Waals surface area contributed by atoms with Crippen molar-refractivity contribution in [2.45, 2.75) is 48.7 Å². The lowest BCUT2D eigenvalue weighted by Gasteiger charge is -2.16. The van der Waals surface area contributed by atoms with Crippen molar-refractivity contribution in [3.8, 4) is 11.4 Å². The SMILES string of the molecule is C[C@@H](Sc1nnc(-c2cccnc2)n1C1CC1)C(=O)N[C@@H]1CCS(=O)(=O)C1. The molecule has 2 atom stereocenters. The van der Waals surface area contributed by atoms with Gasteiger partial charge in [-0.1, -0.05) is 11.8 Å². The van der Waals surface area contributed by atoms with Crippen molar-refractivity contribution in [1.29, 1.82) is 0 Å². The van der Waals surface area contributed by atoms with Crippen LogP contribution in [0.2, 0.25) is 0 Å². The Hall–Kier alpha value is -1.94. The maximum atomic E-state index is 12.5. The van der Waals surface area contributed by atoms with E-state index in [1.54, 1.807) is 19.3 Å². The van der Waals surface area contributed by atoms with Crippen molar-refractivity contribution in [2.75, 3.05) is 11.5 Å². The number of aromatic nitrogens is 4. The molecule has 1 saturated carbocycles. The molecular weight excluding hydrogens is 386 g/mol. The molecule has 3 heterocycles. The molecule has 1 aliphatic heterocycles. The molecule has 2 aromatic rings. The fraction of sp³-hybridized carbons (Fsp3) is 0.529. The minimum Gasteiger partial charge on any atom is -0.351 e. The highest BCUT2D eigenvalue weighted by atomic mass is 32.2. The standard InChI is InChI=1S/C17H21N5O3S2/c1-11(16(23)19-13-6-8-27(24,25)10-13)26-17-21-20-15(22(17)14-4-5-14)12-3-2-7-18-9-12/h2-3,7,9,11,13-14H,4-6,8,10H2,1H3,(H,19,23)/t11-,13-/m1/s1. The number of carbonyl (C=O) groups is 1. The minimum absolute atomic E-state index is 0.0273. The fourth-order valence-corrected chi connectivity index (χ4v) is 5.75. The topological polar surface area (TPSA) is 107 Å². The monoisotopic (exact) mass is 407 g/mol. The van der Waals surface area contributed by atoms with Gasteiger partial charge in [0.15, 0.2) is 20.8 Å². The van der Waals surface area contributed by atoms with Crippen LogP contribution >= 0.6 is 11.8 Å². The third kappa shape index (κ3) is 4.16. The van der Waals surface area contributed by atoms with Crippen molar-refractivity contribution in [3.05, 3.63) is 24.5 Å². The Morgan fingerprint density at radius 1 is 1.33 bits per heavy atom. The number of thioether (sulfide) groups is 1. The van der Waals surface area contributed by atoms with Crippen molar-refractivity contribution in [3.63, 3.8) is 0 Å². The van der Waals surface area contributed by atoms with Gasteiger partial charge in [-0.3, -0.25) is 14.3 Å². The summed E-state index contributed by atoms with van der Waals surface area (Å²) >= 11 is 1.35. The second-order valence-corrected chi connectivity index (χ2v) is 10.6. The summed E-state index contributed by atoms with van der Waals surface area (Å²) in [6.45, 7) is 1.80. The van der Waals surface area contributed by atoms with Crippen LogP contribution in [0.25, 0.3) is 11.4 Å². The molecule has 144 valence electrons. The second kappa shape index (κ2) is 7.23. The number of nitrogens with one attached hydrogen (secondary N) is 1. The summed E-state index contributed by atoms with van der Waals surface area (Å²) in [4.78, 5) is 16.6. The Labute approximate surface area is 162 Å². The highest BCUT2D eigenvalue weighted by Crippen LogP contribution is 2.41. The number of amides is 1. The van der Waals surface area contributed by atoms with E-state index in [2.05, 4.69) is 25.1 Å². The molecule has 27 heavy (non-hydrogen) atoms. The zero-order chi connectivity index (χ0) is 19.0. The van der Waals surface area contributed by atoms with Gasteiger partial charge in [-0.25, -0.2) is 8.42 Å². The van der Waals surface area contributed by atoms with Crippen LogP contribution in [0.4, 0.5) is 0 Å². The predicted octanol–water partition coefficient (Wildman–Crippen LogP) is 1.46. The Bertz CT molecular complexity index is 941. The molecule has 0 bridgehead atoms. The molecule has 2 fully saturated rings. The van der Waals surface area contributed by atoms with Crippen LogP contribution in [0.5, 0.6) is 0 Å². The average molecular weight is 408 g/mol. The van der Waals surface area contributed by atoms with Gasteiger partial charge in [0.2, 0.25) is 5.91 Å². The largest absolute Gasteiger partial charge is 0.351 e. The maximum absolute atomic E-state index is 12.5. The molecule has 2 aliphatic rings. The first-order valence-corrected chi connectivity index (χ1v) is 11.7. The highest BCUT2D eigenvalue weighted by Gasteiger charge is 2.33. The molecular formula is C17H21N5O3S2. The number of sulfone groups is 1. The van der Waals surface area contributed by atoms with E-state index in [1.807, 2.05) is 12.1 Å². The van der Waals surface area contributed by atoms with Crippen LogP contribution in [-0.4, -0.2) is 56.9 Å². The van der Waals surface area contributed by atoms with Crippen molar-refractivity contribution >= 4 is 27.5 Å². The zero-order valence-electron chi connectivity index (χ0n) is 14.9.